The van der Waals surface area contributed by atoms with E-state index in [2.05, 4.69) is 10.3 Å². The third-order valence-corrected chi connectivity index (χ3v) is 6.77. The number of aliphatic imine (C=N–C) groups is 1. The van der Waals surface area contributed by atoms with Crippen LogP contribution in [0.1, 0.15) is 37.5 Å². The maximum Gasteiger partial charge on any atom is 0.261 e. The van der Waals surface area contributed by atoms with Gasteiger partial charge in [-0.15, -0.1) is 0 Å². The minimum absolute atomic E-state index is 0.130. The van der Waals surface area contributed by atoms with E-state index in [-0.39, 0.29) is 23.0 Å². The highest BCUT2D eigenvalue weighted by Crippen LogP contribution is 2.42. The van der Waals surface area contributed by atoms with E-state index in [1.54, 1.807) is 24.7 Å². The molecule has 4 heterocycles. The van der Waals surface area contributed by atoms with Gasteiger partial charge in [-0.1, -0.05) is 57.2 Å². The normalized spacial score (nSPS) is 19.2. The van der Waals surface area contributed by atoms with Gasteiger partial charge in [0.1, 0.15) is 5.58 Å². The van der Waals surface area contributed by atoms with Crippen LogP contribution >= 0.6 is 0 Å². The zero-order valence-electron chi connectivity index (χ0n) is 19.6. The summed E-state index contributed by atoms with van der Waals surface area (Å²) in [4.78, 5) is 46.1. The van der Waals surface area contributed by atoms with Crippen molar-refractivity contribution in [2.45, 2.75) is 33.2 Å². The van der Waals surface area contributed by atoms with Gasteiger partial charge in [0.25, 0.3) is 11.8 Å². The third-order valence-electron chi connectivity index (χ3n) is 6.77. The van der Waals surface area contributed by atoms with Crippen LogP contribution in [0.25, 0.3) is 16.5 Å². The highest BCUT2D eigenvalue weighted by Gasteiger charge is 2.42. The summed E-state index contributed by atoms with van der Waals surface area (Å²) in [6, 6.07) is 12.7. The third kappa shape index (κ3) is 3.11. The molecule has 0 fully saturated rings. The highest BCUT2D eigenvalue weighted by atomic mass is 16.3. The summed E-state index contributed by atoms with van der Waals surface area (Å²) in [6.07, 6.45) is 5.52. The van der Waals surface area contributed by atoms with Crippen molar-refractivity contribution in [2.24, 2.45) is 10.4 Å². The number of para-hydroxylation sites is 2. The molecule has 2 amide bonds. The average Bonchev–Trinajstić information content (AvgIpc) is 3.47. The van der Waals surface area contributed by atoms with Crippen molar-refractivity contribution >= 4 is 45.5 Å². The number of carbonyl (C=O) groups excluding carboxylic acids is 3. The van der Waals surface area contributed by atoms with E-state index >= 15 is 0 Å². The predicted octanol–water partition coefficient (Wildman–Crippen LogP) is 4.16. The molecule has 1 N–H and O–H groups in total. The van der Waals surface area contributed by atoms with Crippen molar-refractivity contribution in [3.63, 3.8) is 0 Å². The van der Waals surface area contributed by atoms with Crippen LogP contribution in [0.3, 0.4) is 0 Å². The molecular formula is C28H23N3O4. The second kappa shape index (κ2) is 7.37. The fourth-order valence-electron chi connectivity index (χ4n) is 5.19. The van der Waals surface area contributed by atoms with Gasteiger partial charge < -0.3 is 9.32 Å². The Morgan fingerprint density at radius 1 is 1.03 bits per heavy atom. The fraction of sp³-hybridized carbons (Fsp3) is 0.214. The number of benzene rings is 2. The summed E-state index contributed by atoms with van der Waals surface area (Å²) < 4.78 is 5.67. The second-order valence-corrected chi connectivity index (χ2v) is 10.0. The lowest BCUT2D eigenvalue weighted by Crippen LogP contribution is -2.41. The molecule has 7 heteroatoms. The zero-order valence-corrected chi connectivity index (χ0v) is 19.6. The number of carbonyl (C=O) groups is 3. The van der Waals surface area contributed by atoms with Gasteiger partial charge in [0.15, 0.2) is 5.78 Å². The minimum Gasteiger partial charge on any atom is -0.464 e. The highest BCUT2D eigenvalue weighted by molar-refractivity contribution is 6.48. The van der Waals surface area contributed by atoms with Gasteiger partial charge in [-0.05, 0) is 11.6 Å². The van der Waals surface area contributed by atoms with Crippen molar-refractivity contribution in [3.8, 4) is 0 Å². The number of nitrogens with zero attached hydrogens (tertiary/aromatic N) is 2. The first-order valence-electron chi connectivity index (χ1n) is 11.5. The summed E-state index contributed by atoms with van der Waals surface area (Å²) in [5.41, 5.74) is 3.94. The molecule has 35 heavy (non-hydrogen) atoms. The number of ketones is 1. The second-order valence-electron chi connectivity index (χ2n) is 10.0. The predicted molar refractivity (Wildman–Crippen MR) is 133 cm³/mol. The Morgan fingerprint density at radius 2 is 1.77 bits per heavy atom. The Bertz CT molecular complexity index is 1550. The smallest absolute Gasteiger partial charge is 0.261 e. The molecule has 3 aliphatic rings. The number of amides is 2. The summed E-state index contributed by atoms with van der Waals surface area (Å²) in [5, 5.41) is 3.28. The van der Waals surface area contributed by atoms with E-state index in [9.17, 15) is 14.4 Å². The number of rotatable bonds is 3. The molecule has 2 aromatic carbocycles. The lowest BCUT2D eigenvalue weighted by Gasteiger charge is -2.28. The Morgan fingerprint density at radius 3 is 2.57 bits per heavy atom. The van der Waals surface area contributed by atoms with E-state index < -0.39 is 17.2 Å². The average molecular weight is 466 g/mol. The molecule has 6 rings (SSSR count). The molecule has 174 valence electrons. The number of nitrogens with one attached hydrogen (secondary N) is 1. The van der Waals surface area contributed by atoms with E-state index in [0.717, 1.165) is 16.6 Å². The first-order valence-corrected chi connectivity index (χ1v) is 11.5. The first kappa shape index (κ1) is 21.3. The number of furan rings is 1. The van der Waals surface area contributed by atoms with Gasteiger partial charge >= 0.3 is 0 Å². The van der Waals surface area contributed by atoms with Crippen LogP contribution in [0.2, 0.25) is 0 Å². The van der Waals surface area contributed by atoms with E-state index in [4.69, 9.17) is 4.42 Å². The molecule has 1 aromatic heterocycles. The van der Waals surface area contributed by atoms with Gasteiger partial charge in [0.2, 0.25) is 0 Å². The maximum absolute atomic E-state index is 13.3. The number of Topliss-reactive ketones (excluding diaryl/α,β-unsaturated/α-hetero) is 1. The molecule has 7 nitrogen and oxygen atoms in total. The summed E-state index contributed by atoms with van der Waals surface area (Å²) >= 11 is 0. The van der Waals surface area contributed by atoms with Crippen LogP contribution in [0.15, 0.2) is 76.1 Å². The monoisotopic (exact) mass is 465 g/mol. The SMILES string of the molecule is CC(C)(C)C(=O)C1Cc2cccc3c2N1C=CN=C3C1=C(c2cccc3ccoc23)C(=O)NC1=O. The zero-order chi connectivity index (χ0) is 24.5. The van der Waals surface area contributed by atoms with Crippen LogP contribution < -0.4 is 10.2 Å². The molecule has 0 saturated carbocycles. The summed E-state index contributed by atoms with van der Waals surface area (Å²) in [5.74, 6) is -0.868. The van der Waals surface area contributed by atoms with Crippen molar-refractivity contribution in [2.75, 3.05) is 4.90 Å². The van der Waals surface area contributed by atoms with Crippen LogP contribution in [0, 0.1) is 5.41 Å². The minimum atomic E-state index is -0.508. The van der Waals surface area contributed by atoms with E-state index in [1.807, 2.05) is 62.1 Å². The summed E-state index contributed by atoms with van der Waals surface area (Å²) in [7, 11) is 0. The van der Waals surface area contributed by atoms with Crippen LogP contribution in [0.4, 0.5) is 5.69 Å². The molecular weight excluding hydrogens is 442 g/mol. The van der Waals surface area contributed by atoms with Gasteiger partial charge in [-0.25, -0.2) is 0 Å². The number of hydrogen-bond acceptors (Lipinski definition) is 6. The molecule has 0 spiro atoms. The lowest BCUT2D eigenvalue weighted by atomic mass is 9.85. The van der Waals surface area contributed by atoms with Crippen LogP contribution in [0.5, 0.6) is 0 Å². The first-order chi connectivity index (χ1) is 16.8. The molecule has 0 aliphatic carbocycles. The van der Waals surface area contributed by atoms with Crippen molar-refractivity contribution in [1.82, 2.24) is 5.32 Å². The number of hydrogen-bond donors (Lipinski definition) is 1. The Kier molecular flexibility index (Phi) is 4.48. The number of anilines is 1. The molecule has 3 aliphatic heterocycles. The maximum atomic E-state index is 13.3. The Hall–Kier alpha value is -4.26. The Labute approximate surface area is 201 Å². The van der Waals surface area contributed by atoms with Crippen molar-refractivity contribution in [1.29, 1.82) is 0 Å². The molecule has 0 bridgehead atoms. The molecule has 3 aromatic rings. The van der Waals surface area contributed by atoms with Gasteiger partial charge in [0.05, 0.1) is 34.9 Å². The van der Waals surface area contributed by atoms with E-state index in [1.165, 1.54) is 0 Å². The lowest BCUT2D eigenvalue weighted by molar-refractivity contribution is -0.127. The number of imide groups is 1. The standard InChI is InChI=1S/C28H23N3O4/c1-28(2,3)25(32)19-14-16-7-5-9-18-22(29-11-12-31(19)23(16)18)21-20(26(33)30-27(21)34)17-8-4-6-15-10-13-35-24(15)17/h4-13,19H,14H2,1-3H3,(H,30,33,34). The summed E-state index contributed by atoms with van der Waals surface area (Å²) in [6.45, 7) is 5.76. The largest absolute Gasteiger partial charge is 0.464 e. The quantitative estimate of drug-likeness (QED) is 0.587. The molecule has 1 unspecified atom stereocenters. The van der Waals surface area contributed by atoms with Crippen LogP contribution in [-0.2, 0) is 20.8 Å². The molecule has 1 atom stereocenters. The fourth-order valence-corrected chi connectivity index (χ4v) is 5.19. The number of fused-ring (bicyclic) bond motifs is 1. The topological polar surface area (TPSA) is 92.0 Å². The molecule has 0 saturated heterocycles. The van der Waals surface area contributed by atoms with Crippen molar-refractivity contribution < 1.29 is 18.8 Å². The molecule has 0 radical (unpaired) electrons. The van der Waals surface area contributed by atoms with E-state index in [0.29, 0.717) is 28.8 Å². The van der Waals surface area contributed by atoms with Gasteiger partial charge in [-0.2, -0.15) is 0 Å². The van der Waals surface area contributed by atoms with Crippen molar-refractivity contribution in [3.05, 3.63) is 83.4 Å². The van der Waals surface area contributed by atoms with Crippen LogP contribution in [-0.4, -0.2) is 29.4 Å². The van der Waals surface area contributed by atoms with Gasteiger partial charge in [0, 0.05) is 40.7 Å². The Balaban J connectivity index is 1.56. The van der Waals surface area contributed by atoms with Gasteiger partial charge in [-0.3, -0.25) is 24.7 Å².